The van der Waals surface area contributed by atoms with Crippen molar-refractivity contribution in [3.05, 3.63) is 82.9 Å². The van der Waals surface area contributed by atoms with E-state index in [0.717, 1.165) is 34.7 Å². The smallest absolute Gasteiger partial charge is 0.335 e. The van der Waals surface area contributed by atoms with Gasteiger partial charge in [-0.1, -0.05) is 56.3 Å². The van der Waals surface area contributed by atoms with Gasteiger partial charge in [0.15, 0.2) is 0 Å². The van der Waals surface area contributed by atoms with E-state index in [4.69, 9.17) is 5.11 Å². The van der Waals surface area contributed by atoms with Crippen molar-refractivity contribution in [3.8, 4) is 0 Å². The second kappa shape index (κ2) is 9.57. The van der Waals surface area contributed by atoms with Gasteiger partial charge < -0.3 is 10.0 Å². The maximum atomic E-state index is 13.1. The zero-order valence-electron chi connectivity index (χ0n) is 17.9. The van der Waals surface area contributed by atoms with E-state index in [1.165, 1.54) is 5.56 Å². The van der Waals surface area contributed by atoms with Crippen LogP contribution in [-0.2, 0) is 0 Å². The minimum atomic E-state index is -0.905. The number of likely N-dealkylation sites (tertiary alicyclic amines) is 1. The van der Waals surface area contributed by atoms with Crippen molar-refractivity contribution in [1.82, 2.24) is 4.90 Å². The molecule has 3 aromatic rings. The first kappa shape index (κ1) is 21.6. The molecule has 1 amide bonds. The first-order valence-electron chi connectivity index (χ1n) is 10.7. The molecule has 156 valence electrons. The van der Waals surface area contributed by atoms with Crippen LogP contribution in [0.5, 0.6) is 0 Å². The van der Waals surface area contributed by atoms with Gasteiger partial charge in [-0.15, -0.1) is 0 Å². The molecule has 0 radical (unpaired) electrons. The van der Waals surface area contributed by atoms with E-state index in [2.05, 4.69) is 19.1 Å². The summed E-state index contributed by atoms with van der Waals surface area (Å²) >= 11 is 0. The minimum Gasteiger partial charge on any atom is -0.478 e. The molecule has 4 rings (SSSR count). The Morgan fingerprint density at radius 2 is 1.47 bits per heavy atom. The summed E-state index contributed by atoms with van der Waals surface area (Å²) < 4.78 is 0. The van der Waals surface area contributed by atoms with Crippen molar-refractivity contribution >= 4 is 22.6 Å². The highest BCUT2D eigenvalue weighted by molar-refractivity contribution is 6.07. The minimum absolute atomic E-state index is 0.0934. The van der Waals surface area contributed by atoms with Crippen LogP contribution in [0.2, 0.25) is 0 Å². The topological polar surface area (TPSA) is 57.6 Å². The fourth-order valence-electron chi connectivity index (χ4n) is 4.14. The summed E-state index contributed by atoms with van der Waals surface area (Å²) in [4.78, 5) is 26.1. The van der Waals surface area contributed by atoms with Crippen LogP contribution in [0.3, 0.4) is 0 Å². The Morgan fingerprint density at radius 3 is 2.10 bits per heavy atom. The quantitative estimate of drug-likeness (QED) is 0.593. The predicted molar refractivity (Wildman–Crippen MR) is 121 cm³/mol. The number of fused-ring (bicyclic) bond motifs is 1. The third-order valence-corrected chi connectivity index (χ3v) is 5.78. The lowest BCUT2D eigenvalue weighted by Gasteiger charge is -2.32. The van der Waals surface area contributed by atoms with Gasteiger partial charge in [0.1, 0.15) is 0 Å². The number of carbonyl (C=O) groups excluding carboxylic acids is 1. The van der Waals surface area contributed by atoms with Gasteiger partial charge in [-0.2, -0.15) is 0 Å². The number of carboxylic acids is 1. The van der Waals surface area contributed by atoms with Crippen LogP contribution in [0.4, 0.5) is 0 Å². The lowest BCUT2D eigenvalue weighted by molar-refractivity contribution is 0.0692. The van der Waals surface area contributed by atoms with Gasteiger partial charge in [0.25, 0.3) is 5.91 Å². The van der Waals surface area contributed by atoms with E-state index in [0.29, 0.717) is 24.6 Å². The van der Waals surface area contributed by atoms with Gasteiger partial charge >= 0.3 is 5.97 Å². The Bertz CT molecular complexity index is 1030. The van der Waals surface area contributed by atoms with E-state index >= 15 is 0 Å². The Labute approximate surface area is 178 Å². The first-order chi connectivity index (χ1) is 14.5. The Kier molecular flexibility index (Phi) is 6.88. The predicted octanol–water partition coefficient (Wildman–Crippen LogP) is 5.89. The molecule has 30 heavy (non-hydrogen) atoms. The average molecular weight is 404 g/mol. The second-order valence-corrected chi connectivity index (χ2v) is 7.47. The lowest BCUT2D eigenvalue weighted by Crippen LogP contribution is -2.38. The fourth-order valence-corrected chi connectivity index (χ4v) is 4.14. The molecule has 4 heteroatoms. The molecular formula is C26H29NO3. The Morgan fingerprint density at radius 1 is 0.867 bits per heavy atom. The highest BCUT2D eigenvalue weighted by Crippen LogP contribution is 2.30. The Balaban J connectivity index is 0.00000124. The van der Waals surface area contributed by atoms with Gasteiger partial charge in [-0.05, 0) is 65.8 Å². The summed E-state index contributed by atoms with van der Waals surface area (Å²) in [5, 5.41) is 11.2. The molecule has 4 nitrogen and oxygen atoms in total. The van der Waals surface area contributed by atoms with Crippen molar-refractivity contribution in [2.24, 2.45) is 0 Å². The summed E-state index contributed by atoms with van der Waals surface area (Å²) in [5.74, 6) is -0.449. The highest BCUT2D eigenvalue weighted by atomic mass is 16.4. The molecule has 1 fully saturated rings. The summed E-state index contributed by atoms with van der Waals surface area (Å²) in [6.07, 6.45) is 1.78. The monoisotopic (exact) mass is 403 g/mol. The molecule has 0 aliphatic carbocycles. The van der Waals surface area contributed by atoms with Crippen molar-refractivity contribution in [3.63, 3.8) is 0 Å². The summed E-state index contributed by atoms with van der Waals surface area (Å²) in [5.41, 5.74) is 3.40. The summed E-state index contributed by atoms with van der Waals surface area (Å²) in [6, 6.07) is 19.2. The summed E-state index contributed by atoms with van der Waals surface area (Å²) in [7, 11) is 0. The fraction of sp³-hybridized carbons (Fsp3) is 0.308. The van der Waals surface area contributed by atoms with Crippen LogP contribution in [0.15, 0.2) is 60.7 Å². The number of carbonyl (C=O) groups is 2. The zero-order chi connectivity index (χ0) is 21.7. The van der Waals surface area contributed by atoms with E-state index in [1.807, 2.05) is 55.1 Å². The van der Waals surface area contributed by atoms with Crippen LogP contribution in [0.1, 0.15) is 64.4 Å². The summed E-state index contributed by atoms with van der Waals surface area (Å²) in [6.45, 7) is 7.50. The van der Waals surface area contributed by atoms with E-state index in [9.17, 15) is 9.59 Å². The van der Waals surface area contributed by atoms with Crippen molar-refractivity contribution in [2.75, 3.05) is 13.1 Å². The number of amides is 1. The van der Waals surface area contributed by atoms with Crippen molar-refractivity contribution in [1.29, 1.82) is 0 Å². The van der Waals surface area contributed by atoms with Gasteiger partial charge in [0.05, 0.1) is 5.56 Å². The number of rotatable bonds is 3. The molecule has 3 aromatic carbocycles. The third-order valence-electron chi connectivity index (χ3n) is 5.78. The first-order valence-corrected chi connectivity index (χ1v) is 10.7. The van der Waals surface area contributed by atoms with Crippen molar-refractivity contribution in [2.45, 2.75) is 39.5 Å². The lowest BCUT2D eigenvalue weighted by atomic mass is 9.88. The molecule has 1 heterocycles. The van der Waals surface area contributed by atoms with Gasteiger partial charge in [0.2, 0.25) is 0 Å². The maximum Gasteiger partial charge on any atom is 0.335 e. The van der Waals surface area contributed by atoms with Gasteiger partial charge in [-0.3, -0.25) is 4.79 Å². The molecule has 0 atom stereocenters. The number of hydrogen-bond donors (Lipinski definition) is 1. The third kappa shape index (κ3) is 4.38. The molecular weight excluding hydrogens is 374 g/mol. The zero-order valence-corrected chi connectivity index (χ0v) is 17.9. The van der Waals surface area contributed by atoms with Gasteiger partial charge in [-0.25, -0.2) is 4.79 Å². The molecule has 0 bridgehead atoms. The van der Waals surface area contributed by atoms with Gasteiger partial charge in [0, 0.05) is 18.7 Å². The van der Waals surface area contributed by atoms with Crippen molar-refractivity contribution < 1.29 is 14.7 Å². The molecule has 0 spiro atoms. The molecule has 1 saturated heterocycles. The molecule has 1 aliphatic rings. The number of piperidine rings is 1. The number of benzene rings is 3. The normalized spacial score (nSPS) is 14.2. The Hall–Kier alpha value is -3.14. The number of aryl methyl sites for hydroxylation is 1. The van der Waals surface area contributed by atoms with Crippen LogP contribution >= 0.6 is 0 Å². The van der Waals surface area contributed by atoms with E-state index in [-0.39, 0.29) is 5.91 Å². The van der Waals surface area contributed by atoms with E-state index in [1.54, 1.807) is 12.1 Å². The standard InChI is InChI=1S/C24H23NO3.C2H6/c1-16-4-2-6-21-20(16)5-3-7-22(21)23(26)25-14-12-18(13-15-25)17-8-10-19(11-9-17)24(27)28;1-2/h2-11,18H,12-15H2,1H3,(H,27,28);1-2H3. The number of hydrogen-bond acceptors (Lipinski definition) is 2. The molecule has 1 N–H and O–H groups in total. The second-order valence-electron chi connectivity index (χ2n) is 7.47. The molecule has 0 saturated carbocycles. The van der Waals surface area contributed by atoms with Crippen LogP contribution < -0.4 is 0 Å². The molecule has 0 aromatic heterocycles. The SMILES string of the molecule is CC.Cc1cccc2c(C(=O)N3CCC(c4ccc(C(=O)O)cc4)CC3)cccc12. The molecule has 1 aliphatic heterocycles. The van der Waals surface area contributed by atoms with Crippen LogP contribution in [-0.4, -0.2) is 35.0 Å². The van der Waals surface area contributed by atoms with Crippen LogP contribution in [0.25, 0.3) is 10.8 Å². The highest BCUT2D eigenvalue weighted by Gasteiger charge is 2.25. The maximum absolute atomic E-state index is 13.1. The van der Waals surface area contributed by atoms with E-state index < -0.39 is 5.97 Å². The average Bonchev–Trinajstić information content (AvgIpc) is 2.80. The largest absolute Gasteiger partial charge is 0.478 e. The number of carboxylic acid groups (broad SMARTS) is 1. The van der Waals surface area contributed by atoms with Crippen LogP contribution in [0, 0.1) is 6.92 Å². The molecule has 0 unspecified atom stereocenters. The number of nitrogens with zero attached hydrogens (tertiary/aromatic N) is 1. The number of aromatic carboxylic acids is 1.